The zero-order valence-corrected chi connectivity index (χ0v) is 8.65. The van der Waals surface area contributed by atoms with Crippen LogP contribution in [0.25, 0.3) is 0 Å². The molecule has 0 aromatic heterocycles. The second-order valence-electron chi connectivity index (χ2n) is 0.513. The SMILES string of the molecule is OP(O)(O)=S.[SbH3]. The fourth-order valence-corrected chi connectivity index (χ4v) is 0. The first-order valence-corrected chi connectivity index (χ1v) is 3.44. The third kappa shape index (κ3) is 55.6. The van der Waals surface area contributed by atoms with Gasteiger partial charge in [-0.15, -0.1) is 0 Å². The van der Waals surface area contributed by atoms with Gasteiger partial charge in [0.25, 0.3) is 0 Å². The minimum atomic E-state index is -3.81. The zero-order valence-electron chi connectivity index (χ0n) is 2.90. The van der Waals surface area contributed by atoms with Crippen LogP contribution in [0.2, 0.25) is 0 Å². The standard InChI is InChI=1S/H3O3PS.Sb.3H/c1-4(2,3)5;;;;/h(H3,1,2,3,5);;;;. The summed E-state index contributed by atoms with van der Waals surface area (Å²) in [5.74, 6) is 0. The van der Waals surface area contributed by atoms with Crippen molar-refractivity contribution in [1.82, 2.24) is 0 Å². The Kier molecular flexibility index (Phi) is 5.80. The molecule has 0 saturated heterocycles. The van der Waals surface area contributed by atoms with Gasteiger partial charge in [-0.2, -0.15) is 0 Å². The van der Waals surface area contributed by atoms with E-state index in [9.17, 15) is 0 Å². The van der Waals surface area contributed by atoms with E-state index in [2.05, 4.69) is 11.8 Å². The molecule has 40 valence electrons. The van der Waals surface area contributed by atoms with Gasteiger partial charge in [-0.3, -0.25) is 0 Å². The Morgan fingerprint density at radius 3 is 1.17 bits per heavy atom. The maximum atomic E-state index is 7.56. The van der Waals surface area contributed by atoms with Gasteiger partial charge in [0, 0.05) is 0 Å². The predicted octanol–water partition coefficient (Wildman–Crippen LogP) is -2.00. The Morgan fingerprint density at radius 1 is 1.17 bits per heavy atom. The summed E-state index contributed by atoms with van der Waals surface area (Å²) in [5, 5.41) is 0. The van der Waals surface area contributed by atoms with Crippen molar-refractivity contribution < 1.29 is 14.7 Å². The summed E-state index contributed by atoms with van der Waals surface area (Å²) >= 11 is 3.60. The van der Waals surface area contributed by atoms with E-state index in [-0.39, 0.29) is 24.4 Å². The first-order valence-electron chi connectivity index (χ1n) is 0.783. The number of rotatable bonds is 0. The molecule has 0 rings (SSSR count). The van der Waals surface area contributed by atoms with Crippen LogP contribution in [-0.4, -0.2) is 39.1 Å². The van der Waals surface area contributed by atoms with Crippen molar-refractivity contribution >= 4 is 43.0 Å². The van der Waals surface area contributed by atoms with Gasteiger partial charge in [0.2, 0.25) is 0 Å². The van der Waals surface area contributed by atoms with Crippen LogP contribution in [0, 0.1) is 0 Å². The van der Waals surface area contributed by atoms with Crippen LogP contribution in [-0.2, 0) is 11.8 Å². The van der Waals surface area contributed by atoms with E-state index < -0.39 is 6.72 Å². The molecule has 0 aliphatic heterocycles. The molecule has 0 bridgehead atoms. The van der Waals surface area contributed by atoms with Crippen molar-refractivity contribution in [3.8, 4) is 0 Å². The van der Waals surface area contributed by atoms with Crippen LogP contribution in [0.5, 0.6) is 0 Å². The van der Waals surface area contributed by atoms with Gasteiger partial charge in [0.05, 0.1) is 0 Å². The summed E-state index contributed by atoms with van der Waals surface area (Å²) < 4.78 is 0. The van der Waals surface area contributed by atoms with Crippen LogP contribution < -0.4 is 0 Å². The molecule has 3 nitrogen and oxygen atoms in total. The van der Waals surface area contributed by atoms with Crippen LogP contribution >= 0.6 is 6.72 Å². The van der Waals surface area contributed by atoms with Crippen molar-refractivity contribution in [1.29, 1.82) is 0 Å². The Hall–Kier alpha value is 1.35. The molecule has 0 saturated carbocycles. The molecule has 0 fully saturated rings. The van der Waals surface area contributed by atoms with Gasteiger partial charge in [-0.05, 0) is 11.8 Å². The predicted molar refractivity (Wildman–Crippen MR) is 30.9 cm³/mol. The molecule has 6 heavy (non-hydrogen) atoms. The molecule has 0 amide bonds. The van der Waals surface area contributed by atoms with E-state index >= 15 is 0 Å². The molecule has 0 unspecified atom stereocenters. The molecule has 0 atom stereocenters. The Morgan fingerprint density at radius 2 is 1.17 bits per heavy atom. The van der Waals surface area contributed by atoms with Gasteiger partial charge in [-0.1, -0.05) is 0 Å². The summed E-state index contributed by atoms with van der Waals surface area (Å²) in [5.41, 5.74) is 0. The monoisotopic (exact) mass is 238 g/mol. The van der Waals surface area contributed by atoms with E-state index in [4.69, 9.17) is 14.7 Å². The minimum absolute atomic E-state index is 0. The second-order valence-corrected chi connectivity index (χ2v) is 3.01. The van der Waals surface area contributed by atoms with Crippen molar-refractivity contribution in [3.63, 3.8) is 0 Å². The van der Waals surface area contributed by atoms with E-state index in [0.29, 0.717) is 0 Å². The van der Waals surface area contributed by atoms with Crippen LogP contribution in [0.15, 0.2) is 0 Å². The van der Waals surface area contributed by atoms with E-state index in [1.165, 1.54) is 0 Å². The quantitative estimate of drug-likeness (QED) is 0.338. The number of hydrogen-bond acceptors (Lipinski definition) is 1. The molecule has 0 aromatic carbocycles. The summed E-state index contributed by atoms with van der Waals surface area (Å²) in [6.07, 6.45) is 0. The summed E-state index contributed by atoms with van der Waals surface area (Å²) in [6, 6.07) is 0. The van der Waals surface area contributed by atoms with Gasteiger partial charge in [-0.25, -0.2) is 0 Å². The first-order chi connectivity index (χ1) is 2.00. The average molecular weight is 239 g/mol. The molecule has 0 heterocycles. The maximum absolute atomic E-state index is 7.56. The third-order valence-electron chi connectivity index (χ3n) is 0. The normalized spacial score (nSPS) is 9.83. The summed E-state index contributed by atoms with van der Waals surface area (Å²) in [7, 11) is 0. The summed E-state index contributed by atoms with van der Waals surface area (Å²) in [6.45, 7) is -3.81. The molecule has 0 aliphatic rings. The second kappa shape index (κ2) is 3.36. The molecule has 0 radical (unpaired) electrons. The van der Waals surface area contributed by atoms with E-state index in [0.717, 1.165) is 0 Å². The fourth-order valence-electron chi connectivity index (χ4n) is 0. The van der Waals surface area contributed by atoms with Crippen molar-refractivity contribution in [2.75, 3.05) is 0 Å². The van der Waals surface area contributed by atoms with Crippen LogP contribution in [0.1, 0.15) is 0 Å². The van der Waals surface area contributed by atoms with E-state index in [1.54, 1.807) is 0 Å². The summed E-state index contributed by atoms with van der Waals surface area (Å²) in [4.78, 5) is 22.7. The average Bonchev–Trinajstić information content (AvgIpc) is 0.722. The van der Waals surface area contributed by atoms with Gasteiger partial charge >= 0.3 is 31.1 Å². The molecule has 0 spiro atoms. The van der Waals surface area contributed by atoms with Crippen molar-refractivity contribution in [3.05, 3.63) is 0 Å². The molecular formula is H6O3PSSb. The van der Waals surface area contributed by atoms with Crippen molar-refractivity contribution in [2.45, 2.75) is 0 Å². The van der Waals surface area contributed by atoms with Crippen molar-refractivity contribution in [2.24, 2.45) is 0 Å². The Bertz CT molecular complexity index is 56.9. The first kappa shape index (κ1) is 10.4. The molecule has 0 aromatic rings. The molecule has 3 N–H and O–H groups in total. The Balaban J connectivity index is 0. The molecular weight excluding hydrogens is 233 g/mol. The van der Waals surface area contributed by atoms with E-state index in [1.807, 2.05) is 0 Å². The zero-order chi connectivity index (χ0) is 4.50. The number of hydrogen-bond donors (Lipinski definition) is 3. The van der Waals surface area contributed by atoms with Gasteiger partial charge in [0.15, 0.2) is 0 Å². The molecule has 6 heteroatoms. The van der Waals surface area contributed by atoms with Crippen LogP contribution in [0.4, 0.5) is 0 Å². The fraction of sp³-hybridized carbons (Fsp3) is 0. The van der Waals surface area contributed by atoms with Crippen LogP contribution in [0.3, 0.4) is 0 Å². The third-order valence-corrected chi connectivity index (χ3v) is 0. The topological polar surface area (TPSA) is 60.7 Å². The van der Waals surface area contributed by atoms with Gasteiger partial charge in [0.1, 0.15) is 0 Å². The van der Waals surface area contributed by atoms with Gasteiger partial charge < -0.3 is 14.7 Å². The Labute approximate surface area is 57.7 Å². The molecule has 0 aliphatic carbocycles.